The summed E-state index contributed by atoms with van der Waals surface area (Å²) in [6, 6.07) is 4.63. The molecule has 1 atom stereocenters. The van der Waals surface area contributed by atoms with Crippen molar-refractivity contribution >= 4 is 5.69 Å². The van der Waals surface area contributed by atoms with Gasteiger partial charge in [-0.25, -0.2) is 0 Å². The summed E-state index contributed by atoms with van der Waals surface area (Å²) >= 11 is 0. The van der Waals surface area contributed by atoms with Gasteiger partial charge in [-0.15, -0.1) is 0 Å². The van der Waals surface area contributed by atoms with Crippen LogP contribution in [0.25, 0.3) is 0 Å². The van der Waals surface area contributed by atoms with Crippen molar-refractivity contribution in [1.29, 1.82) is 0 Å². The molecule has 0 aromatic heterocycles. The molecule has 2 nitrogen and oxygen atoms in total. The summed E-state index contributed by atoms with van der Waals surface area (Å²) in [5, 5.41) is 0. The van der Waals surface area contributed by atoms with Crippen molar-refractivity contribution in [1.82, 2.24) is 0 Å². The van der Waals surface area contributed by atoms with Crippen LogP contribution in [0.4, 0.5) is 5.69 Å². The molecule has 0 spiro atoms. The highest BCUT2D eigenvalue weighted by molar-refractivity contribution is 5.52. The number of benzene rings is 1. The lowest BCUT2D eigenvalue weighted by molar-refractivity contribution is 0.576. The maximum atomic E-state index is 5.91. The second-order valence-corrected chi connectivity index (χ2v) is 3.98. The van der Waals surface area contributed by atoms with Gasteiger partial charge >= 0.3 is 0 Å². The summed E-state index contributed by atoms with van der Waals surface area (Å²) in [5.41, 5.74) is 16.6. The maximum Gasteiger partial charge on any atom is 0.0346 e. The molecule has 1 aliphatic carbocycles. The fourth-order valence-electron chi connectivity index (χ4n) is 1.98. The standard InChI is InChI=1S/C11H16N2/c1-7-4-9-5-10(12)3-2-8(9)6-11(7)13/h4,6,10H,2-3,5,12-13H2,1H3. The largest absolute Gasteiger partial charge is 0.399 e. The average molecular weight is 176 g/mol. The molecule has 2 heteroatoms. The van der Waals surface area contributed by atoms with Crippen LogP contribution in [0, 0.1) is 6.92 Å². The quantitative estimate of drug-likeness (QED) is 0.587. The first kappa shape index (κ1) is 8.57. The Kier molecular flexibility index (Phi) is 2.00. The van der Waals surface area contributed by atoms with E-state index in [2.05, 4.69) is 19.1 Å². The highest BCUT2D eigenvalue weighted by Gasteiger charge is 2.15. The molecule has 0 heterocycles. The zero-order valence-corrected chi connectivity index (χ0v) is 8.01. The van der Waals surface area contributed by atoms with Gasteiger partial charge in [-0.2, -0.15) is 0 Å². The number of rotatable bonds is 0. The van der Waals surface area contributed by atoms with Crippen LogP contribution in [-0.4, -0.2) is 6.04 Å². The lowest BCUT2D eigenvalue weighted by atomic mass is 9.87. The van der Waals surface area contributed by atoms with Crippen molar-refractivity contribution in [2.45, 2.75) is 32.2 Å². The number of hydrogen-bond donors (Lipinski definition) is 2. The molecule has 0 bridgehead atoms. The topological polar surface area (TPSA) is 52.0 Å². The Labute approximate surface area is 78.9 Å². The van der Waals surface area contributed by atoms with Crippen LogP contribution in [-0.2, 0) is 12.8 Å². The van der Waals surface area contributed by atoms with Gasteiger partial charge in [-0.1, -0.05) is 6.07 Å². The average Bonchev–Trinajstić information content (AvgIpc) is 2.08. The minimum absolute atomic E-state index is 0.343. The minimum atomic E-state index is 0.343. The Morgan fingerprint density at radius 3 is 2.85 bits per heavy atom. The lowest BCUT2D eigenvalue weighted by Gasteiger charge is -2.22. The third-order valence-corrected chi connectivity index (χ3v) is 2.85. The van der Waals surface area contributed by atoms with Crippen molar-refractivity contribution in [3.05, 3.63) is 28.8 Å². The Bertz CT molecular complexity index is 331. The van der Waals surface area contributed by atoms with Crippen LogP contribution >= 0.6 is 0 Å². The molecule has 0 saturated carbocycles. The smallest absolute Gasteiger partial charge is 0.0346 e. The molecule has 0 radical (unpaired) electrons. The first-order valence-electron chi connectivity index (χ1n) is 4.80. The van der Waals surface area contributed by atoms with Crippen molar-refractivity contribution in [2.75, 3.05) is 5.73 Å². The molecule has 1 aromatic carbocycles. The van der Waals surface area contributed by atoms with Gasteiger partial charge in [-0.05, 0) is 48.9 Å². The number of nitrogens with two attached hydrogens (primary N) is 2. The van der Waals surface area contributed by atoms with Crippen molar-refractivity contribution < 1.29 is 0 Å². The highest BCUT2D eigenvalue weighted by Crippen LogP contribution is 2.25. The molecule has 1 aliphatic rings. The fourth-order valence-corrected chi connectivity index (χ4v) is 1.98. The Morgan fingerprint density at radius 2 is 2.08 bits per heavy atom. The minimum Gasteiger partial charge on any atom is -0.399 e. The number of nitrogen functional groups attached to an aromatic ring is 1. The Morgan fingerprint density at radius 1 is 1.31 bits per heavy atom. The van der Waals surface area contributed by atoms with E-state index in [-0.39, 0.29) is 0 Å². The third kappa shape index (κ3) is 1.54. The van der Waals surface area contributed by atoms with Crippen molar-refractivity contribution in [3.63, 3.8) is 0 Å². The van der Waals surface area contributed by atoms with Gasteiger partial charge in [0, 0.05) is 11.7 Å². The van der Waals surface area contributed by atoms with E-state index in [9.17, 15) is 0 Å². The van der Waals surface area contributed by atoms with E-state index in [1.54, 1.807) is 0 Å². The molecule has 4 N–H and O–H groups in total. The molecule has 1 unspecified atom stereocenters. The molecular weight excluding hydrogens is 160 g/mol. The SMILES string of the molecule is Cc1cc2c(cc1N)CCC(N)C2. The summed E-state index contributed by atoms with van der Waals surface area (Å²) in [4.78, 5) is 0. The van der Waals surface area contributed by atoms with Crippen LogP contribution in [0.2, 0.25) is 0 Å². The normalized spacial score (nSPS) is 21.2. The summed E-state index contributed by atoms with van der Waals surface area (Å²) in [6.45, 7) is 2.05. The van der Waals surface area contributed by atoms with Crippen LogP contribution in [0.1, 0.15) is 23.1 Å². The van der Waals surface area contributed by atoms with E-state index >= 15 is 0 Å². The monoisotopic (exact) mass is 176 g/mol. The maximum absolute atomic E-state index is 5.91. The third-order valence-electron chi connectivity index (χ3n) is 2.85. The van der Waals surface area contributed by atoms with E-state index < -0.39 is 0 Å². The van der Waals surface area contributed by atoms with E-state index in [4.69, 9.17) is 11.5 Å². The van der Waals surface area contributed by atoms with Crippen molar-refractivity contribution in [3.8, 4) is 0 Å². The molecule has 70 valence electrons. The predicted molar refractivity (Wildman–Crippen MR) is 55.6 cm³/mol. The summed E-state index contributed by atoms with van der Waals surface area (Å²) in [7, 11) is 0. The van der Waals surface area contributed by atoms with E-state index in [0.717, 1.165) is 24.9 Å². The first-order valence-corrected chi connectivity index (χ1v) is 4.80. The van der Waals surface area contributed by atoms with Crippen LogP contribution < -0.4 is 11.5 Å². The fraction of sp³-hybridized carbons (Fsp3) is 0.455. The Balaban J connectivity index is 2.43. The van der Waals surface area contributed by atoms with E-state index in [1.807, 2.05) is 0 Å². The van der Waals surface area contributed by atoms with Gasteiger partial charge in [0.2, 0.25) is 0 Å². The van der Waals surface area contributed by atoms with Crippen molar-refractivity contribution in [2.24, 2.45) is 5.73 Å². The molecule has 0 saturated heterocycles. The van der Waals surface area contributed by atoms with Gasteiger partial charge in [-0.3, -0.25) is 0 Å². The number of hydrogen-bond acceptors (Lipinski definition) is 2. The zero-order chi connectivity index (χ0) is 9.42. The summed E-state index contributed by atoms with van der Waals surface area (Å²) in [5.74, 6) is 0. The molecular formula is C11H16N2. The number of fused-ring (bicyclic) bond motifs is 1. The van der Waals surface area contributed by atoms with Crippen LogP contribution in [0.5, 0.6) is 0 Å². The zero-order valence-electron chi connectivity index (χ0n) is 8.01. The molecule has 1 aromatic rings. The molecule has 13 heavy (non-hydrogen) atoms. The summed E-state index contributed by atoms with van der Waals surface area (Å²) < 4.78 is 0. The van der Waals surface area contributed by atoms with Crippen LogP contribution in [0.3, 0.4) is 0 Å². The van der Waals surface area contributed by atoms with Gasteiger partial charge in [0.15, 0.2) is 0 Å². The molecule has 2 rings (SSSR count). The molecule has 0 amide bonds. The Hall–Kier alpha value is -1.02. The van der Waals surface area contributed by atoms with Gasteiger partial charge < -0.3 is 11.5 Å². The summed E-state index contributed by atoms with van der Waals surface area (Å²) in [6.07, 6.45) is 3.19. The predicted octanol–water partition coefficient (Wildman–Crippen LogP) is 1.39. The second kappa shape index (κ2) is 3.04. The lowest BCUT2D eigenvalue weighted by Crippen LogP contribution is -2.27. The molecule has 0 fully saturated rings. The molecule has 0 aliphatic heterocycles. The number of aryl methyl sites for hydroxylation is 2. The van der Waals surface area contributed by atoms with Gasteiger partial charge in [0.05, 0.1) is 0 Å². The highest BCUT2D eigenvalue weighted by atomic mass is 14.6. The number of anilines is 1. The van der Waals surface area contributed by atoms with Gasteiger partial charge in [0.1, 0.15) is 0 Å². The first-order chi connectivity index (χ1) is 6.16. The van der Waals surface area contributed by atoms with E-state index in [0.29, 0.717) is 6.04 Å². The van der Waals surface area contributed by atoms with E-state index in [1.165, 1.54) is 16.7 Å². The van der Waals surface area contributed by atoms with Crippen LogP contribution in [0.15, 0.2) is 12.1 Å². The van der Waals surface area contributed by atoms with Gasteiger partial charge in [0.25, 0.3) is 0 Å². The second-order valence-electron chi connectivity index (χ2n) is 3.98.